The molecule has 0 radical (unpaired) electrons. The first-order chi connectivity index (χ1) is 10.7. The van der Waals surface area contributed by atoms with Crippen molar-refractivity contribution in [3.63, 3.8) is 0 Å². The number of fused-ring (bicyclic) bond motifs is 3. The quantitative estimate of drug-likeness (QED) is 0.714. The molecule has 3 heteroatoms. The van der Waals surface area contributed by atoms with Crippen LogP contribution in [0.2, 0.25) is 0 Å². The maximum Gasteiger partial charge on any atom is 0.309 e. The van der Waals surface area contributed by atoms with Crippen molar-refractivity contribution in [2.75, 3.05) is 0 Å². The van der Waals surface area contributed by atoms with Gasteiger partial charge < -0.3 is 10.2 Å². The summed E-state index contributed by atoms with van der Waals surface area (Å²) < 4.78 is 0. The van der Waals surface area contributed by atoms with Crippen molar-refractivity contribution < 1.29 is 15.0 Å². The second kappa shape index (κ2) is 4.41. The zero-order valence-corrected chi connectivity index (χ0v) is 14.5. The van der Waals surface area contributed by atoms with Gasteiger partial charge in [-0.25, -0.2) is 0 Å². The largest absolute Gasteiger partial charge is 0.481 e. The Morgan fingerprint density at radius 2 is 1.83 bits per heavy atom. The molecule has 2 N–H and O–H groups in total. The molecule has 3 nitrogen and oxygen atoms in total. The molecule has 4 saturated carbocycles. The Morgan fingerprint density at radius 3 is 2.52 bits per heavy atom. The van der Waals surface area contributed by atoms with Gasteiger partial charge in [-0.3, -0.25) is 4.79 Å². The van der Waals surface area contributed by atoms with E-state index in [1.165, 1.54) is 0 Å². The van der Waals surface area contributed by atoms with Gasteiger partial charge in [0.25, 0.3) is 0 Å². The third-order valence-corrected chi connectivity index (χ3v) is 8.65. The molecule has 6 atom stereocenters. The third kappa shape index (κ3) is 1.78. The summed E-state index contributed by atoms with van der Waals surface area (Å²) in [5, 5.41) is 20.8. The maximum absolute atomic E-state index is 12.0. The van der Waals surface area contributed by atoms with Gasteiger partial charge in [0.05, 0.1) is 11.0 Å². The fraction of sp³-hybridized carbons (Fsp3) is 0.850. The lowest BCUT2D eigenvalue weighted by molar-refractivity contribution is -0.186. The van der Waals surface area contributed by atoms with E-state index in [-0.39, 0.29) is 16.7 Å². The molecule has 2 unspecified atom stereocenters. The summed E-state index contributed by atoms with van der Waals surface area (Å²) in [6.07, 6.45) is 8.75. The van der Waals surface area contributed by atoms with E-state index >= 15 is 0 Å². The van der Waals surface area contributed by atoms with Crippen LogP contribution < -0.4 is 0 Å². The van der Waals surface area contributed by atoms with Crippen molar-refractivity contribution in [1.82, 2.24) is 0 Å². The highest BCUT2D eigenvalue weighted by Gasteiger charge is 2.67. The molecular formula is C20H30O3. The molecule has 4 aliphatic rings. The molecule has 0 aromatic rings. The molecule has 0 aromatic carbocycles. The number of carboxylic acid groups (broad SMARTS) is 1. The summed E-state index contributed by atoms with van der Waals surface area (Å²) in [7, 11) is 0. The molecule has 0 amide bonds. The smallest absolute Gasteiger partial charge is 0.309 e. The molecular weight excluding hydrogens is 288 g/mol. The van der Waals surface area contributed by atoms with Gasteiger partial charge in [-0.1, -0.05) is 19.9 Å². The summed E-state index contributed by atoms with van der Waals surface area (Å²) in [5.41, 5.74) is 0.128. The van der Waals surface area contributed by atoms with Crippen LogP contribution in [-0.2, 0) is 4.79 Å². The van der Waals surface area contributed by atoms with E-state index in [9.17, 15) is 15.0 Å². The van der Waals surface area contributed by atoms with Crippen molar-refractivity contribution in [1.29, 1.82) is 0 Å². The Bertz CT molecular complexity index is 583. The lowest BCUT2D eigenvalue weighted by Gasteiger charge is -2.63. The molecule has 4 rings (SSSR count). The Kier molecular flexibility index (Phi) is 3.01. The first kappa shape index (κ1) is 15.7. The van der Waals surface area contributed by atoms with Gasteiger partial charge >= 0.3 is 5.97 Å². The van der Waals surface area contributed by atoms with E-state index in [2.05, 4.69) is 13.5 Å². The van der Waals surface area contributed by atoms with Crippen LogP contribution in [0.4, 0.5) is 0 Å². The van der Waals surface area contributed by atoms with Gasteiger partial charge in [0.15, 0.2) is 0 Å². The zero-order valence-electron chi connectivity index (χ0n) is 14.5. The number of rotatable bonds is 1. The average molecular weight is 318 g/mol. The molecule has 0 aliphatic heterocycles. The molecule has 23 heavy (non-hydrogen) atoms. The molecule has 0 heterocycles. The number of hydrogen-bond acceptors (Lipinski definition) is 2. The van der Waals surface area contributed by atoms with Crippen LogP contribution in [0.15, 0.2) is 12.2 Å². The van der Waals surface area contributed by atoms with Gasteiger partial charge in [-0.2, -0.15) is 0 Å². The van der Waals surface area contributed by atoms with Crippen LogP contribution >= 0.6 is 0 Å². The minimum Gasteiger partial charge on any atom is -0.481 e. The van der Waals surface area contributed by atoms with Gasteiger partial charge in [-0.15, -0.1) is 0 Å². The van der Waals surface area contributed by atoms with E-state index in [1.807, 2.05) is 6.92 Å². The second-order valence-electron chi connectivity index (χ2n) is 9.62. The highest BCUT2D eigenvalue weighted by Crippen LogP contribution is 2.72. The third-order valence-electron chi connectivity index (χ3n) is 8.65. The van der Waals surface area contributed by atoms with Crippen LogP contribution in [0.5, 0.6) is 0 Å². The van der Waals surface area contributed by atoms with Gasteiger partial charge in [-0.05, 0) is 86.5 Å². The number of aliphatic carboxylic acids is 1. The van der Waals surface area contributed by atoms with Crippen LogP contribution in [-0.4, -0.2) is 21.8 Å². The summed E-state index contributed by atoms with van der Waals surface area (Å²) in [6.45, 7) is 8.55. The molecule has 128 valence electrons. The van der Waals surface area contributed by atoms with E-state index < -0.39 is 17.0 Å². The minimum absolute atomic E-state index is 0.107. The molecule has 0 aromatic heterocycles. The fourth-order valence-corrected chi connectivity index (χ4v) is 7.61. The molecule has 2 bridgehead atoms. The predicted octanol–water partition coefficient (Wildman–Crippen LogP) is 4.16. The molecule has 4 fully saturated rings. The SMILES string of the molecule is C=C1C[C@@]23CCC4[C@@](C)(CCC[C@@]4(C)C(=O)O)C2CC[C@]1(O)C3. The Balaban J connectivity index is 1.76. The first-order valence-electron chi connectivity index (χ1n) is 9.30. The molecule has 0 saturated heterocycles. The number of carbonyl (C=O) groups is 1. The van der Waals surface area contributed by atoms with E-state index in [1.54, 1.807) is 0 Å². The van der Waals surface area contributed by atoms with Crippen molar-refractivity contribution in [2.24, 2.45) is 28.1 Å². The Morgan fingerprint density at radius 1 is 1.13 bits per heavy atom. The predicted molar refractivity (Wildman–Crippen MR) is 88.9 cm³/mol. The maximum atomic E-state index is 12.0. The average Bonchev–Trinajstić information content (AvgIpc) is 2.63. The van der Waals surface area contributed by atoms with E-state index in [0.29, 0.717) is 5.92 Å². The highest BCUT2D eigenvalue weighted by atomic mass is 16.4. The van der Waals surface area contributed by atoms with Crippen molar-refractivity contribution in [3.8, 4) is 0 Å². The second-order valence-corrected chi connectivity index (χ2v) is 9.62. The van der Waals surface area contributed by atoms with Crippen LogP contribution in [0.3, 0.4) is 0 Å². The molecule has 4 aliphatic carbocycles. The molecule has 1 spiro atoms. The van der Waals surface area contributed by atoms with Gasteiger partial charge in [0, 0.05) is 0 Å². The van der Waals surface area contributed by atoms with Crippen molar-refractivity contribution >= 4 is 5.97 Å². The summed E-state index contributed by atoms with van der Waals surface area (Å²) in [5.74, 6) is 0.219. The van der Waals surface area contributed by atoms with Crippen LogP contribution in [0.1, 0.15) is 71.6 Å². The van der Waals surface area contributed by atoms with Crippen LogP contribution in [0, 0.1) is 28.1 Å². The van der Waals surface area contributed by atoms with E-state index in [4.69, 9.17) is 0 Å². The van der Waals surface area contributed by atoms with Gasteiger partial charge in [0.2, 0.25) is 0 Å². The lowest BCUT2D eigenvalue weighted by atomic mass is 9.41. The van der Waals surface area contributed by atoms with E-state index in [0.717, 1.165) is 63.4 Å². The summed E-state index contributed by atoms with van der Waals surface area (Å²) >= 11 is 0. The van der Waals surface area contributed by atoms with Crippen molar-refractivity contribution in [2.45, 2.75) is 77.2 Å². The number of aliphatic hydroxyl groups is 1. The topological polar surface area (TPSA) is 57.5 Å². The minimum atomic E-state index is -0.634. The first-order valence-corrected chi connectivity index (χ1v) is 9.30. The lowest BCUT2D eigenvalue weighted by Crippen LogP contribution is -2.59. The number of hydrogen-bond donors (Lipinski definition) is 2. The summed E-state index contributed by atoms with van der Waals surface area (Å²) in [6, 6.07) is 0. The normalized spacial score (nSPS) is 55.2. The monoisotopic (exact) mass is 318 g/mol. The van der Waals surface area contributed by atoms with Crippen LogP contribution in [0.25, 0.3) is 0 Å². The summed E-state index contributed by atoms with van der Waals surface area (Å²) in [4.78, 5) is 12.0. The van der Waals surface area contributed by atoms with Gasteiger partial charge in [0.1, 0.15) is 0 Å². The van der Waals surface area contributed by atoms with Crippen molar-refractivity contribution in [3.05, 3.63) is 12.2 Å². The zero-order chi connectivity index (χ0) is 16.7. The number of carboxylic acids is 1. The Hall–Kier alpha value is -0.830. The fourth-order valence-electron chi connectivity index (χ4n) is 7.61. The standard InChI is InChI=1S/C20H30O3/c1-13-11-19-9-5-14-17(2,7-4-8-18(14,3)16(21)22)15(19)6-10-20(13,23)12-19/h14-15,23H,1,4-12H2,2-3H3,(H,21,22)/t14?,15?,17-,18-,19-,20+/m1/s1. The Labute approximate surface area is 139 Å². The highest BCUT2D eigenvalue weighted by molar-refractivity contribution is 5.75.